The second-order valence-electron chi connectivity index (χ2n) is 5.19. The van der Waals surface area contributed by atoms with Crippen LogP contribution in [0.1, 0.15) is 31.3 Å². The Kier molecular flexibility index (Phi) is 6.35. The number of carbonyl (C=O) groups is 1. The van der Waals surface area contributed by atoms with Crippen molar-refractivity contribution in [3.05, 3.63) is 43.8 Å². The number of aromatic nitrogens is 3. The number of halogens is 5. The maximum Gasteiger partial charge on any atom is 0.355 e. The number of rotatable bonds is 6. The van der Waals surface area contributed by atoms with Gasteiger partial charge in [0.1, 0.15) is 11.5 Å². The highest BCUT2D eigenvalue weighted by Crippen LogP contribution is 2.33. The van der Waals surface area contributed by atoms with Gasteiger partial charge in [-0.3, -0.25) is 4.79 Å². The molecule has 26 heavy (non-hydrogen) atoms. The summed E-state index contributed by atoms with van der Waals surface area (Å²) in [6.07, 6.45) is -0.0116. The van der Waals surface area contributed by atoms with Crippen molar-refractivity contribution in [3.8, 4) is 5.69 Å². The molecule has 142 valence electrons. The molecule has 0 atom stereocenters. The summed E-state index contributed by atoms with van der Waals surface area (Å²) in [7, 11) is 0. The number of ether oxygens (including phenoxy) is 1. The maximum atomic E-state index is 14.5. The third kappa shape index (κ3) is 3.88. The third-order valence-corrected chi connectivity index (χ3v) is 4.39. The highest BCUT2D eigenvalue weighted by Gasteiger charge is 2.23. The van der Waals surface area contributed by atoms with Crippen molar-refractivity contribution >= 4 is 29.2 Å². The summed E-state index contributed by atoms with van der Waals surface area (Å²) in [4.78, 5) is 23.6. The number of carbonyl (C=O) groups excluding carboxylic acids is 1. The van der Waals surface area contributed by atoms with Crippen molar-refractivity contribution in [1.82, 2.24) is 14.3 Å². The Morgan fingerprint density at radius 2 is 2.00 bits per heavy atom. The van der Waals surface area contributed by atoms with Crippen LogP contribution in [0.4, 0.5) is 13.2 Å². The predicted octanol–water partition coefficient (Wildman–Crippen LogP) is 3.68. The van der Waals surface area contributed by atoms with E-state index in [2.05, 4.69) is 5.10 Å². The van der Waals surface area contributed by atoms with Gasteiger partial charge in [0.25, 0.3) is 0 Å². The molecule has 1 heterocycles. The van der Waals surface area contributed by atoms with E-state index < -0.39 is 34.7 Å². The van der Waals surface area contributed by atoms with E-state index in [1.165, 1.54) is 6.92 Å². The minimum absolute atomic E-state index is 0.0496. The molecule has 0 N–H and O–H groups in total. The van der Waals surface area contributed by atoms with Crippen molar-refractivity contribution in [2.24, 2.45) is 0 Å². The van der Waals surface area contributed by atoms with Gasteiger partial charge in [-0.05, 0) is 31.9 Å². The van der Waals surface area contributed by atoms with E-state index in [4.69, 9.17) is 27.9 Å². The molecular formula is C15H14Cl2F3N3O3. The van der Waals surface area contributed by atoms with Crippen LogP contribution in [-0.4, -0.2) is 26.9 Å². The third-order valence-electron chi connectivity index (χ3n) is 3.51. The molecule has 0 aliphatic rings. The molecule has 2 rings (SSSR count). The van der Waals surface area contributed by atoms with E-state index in [0.29, 0.717) is 4.68 Å². The molecule has 1 aromatic heterocycles. The summed E-state index contributed by atoms with van der Waals surface area (Å²) in [5.41, 5.74) is -1.42. The number of benzene rings is 1. The van der Waals surface area contributed by atoms with Crippen LogP contribution >= 0.6 is 23.2 Å². The topological polar surface area (TPSA) is 66.1 Å². The van der Waals surface area contributed by atoms with E-state index in [1.54, 1.807) is 6.92 Å². The minimum atomic E-state index is -3.13. The highest BCUT2D eigenvalue weighted by molar-refractivity contribution is 6.42. The van der Waals surface area contributed by atoms with Crippen LogP contribution in [0.2, 0.25) is 10.0 Å². The monoisotopic (exact) mass is 411 g/mol. The molecule has 0 saturated heterocycles. The van der Waals surface area contributed by atoms with Gasteiger partial charge in [-0.2, -0.15) is 13.5 Å². The summed E-state index contributed by atoms with van der Waals surface area (Å²) in [5.74, 6) is -1.89. The lowest BCUT2D eigenvalue weighted by Gasteiger charge is -2.11. The number of hydrogen-bond acceptors (Lipinski definition) is 4. The van der Waals surface area contributed by atoms with Crippen molar-refractivity contribution in [2.45, 2.75) is 33.2 Å². The van der Waals surface area contributed by atoms with E-state index in [1.807, 2.05) is 0 Å². The molecule has 0 amide bonds. The lowest BCUT2D eigenvalue weighted by atomic mass is 10.1. The normalized spacial score (nSPS) is 11.2. The minimum Gasteiger partial charge on any atom is -0.466 e. The standard InChI is InChI=1S/C15H14Cl2F3N3O3/c1-3-26-10(24)5-4-8-6-9(13(18)12(17)11(8)16)23-15(25)22(14(19)20)7(2)21-23/h6,14H,3-5H2,1-2H3. The smallest absolute Gasteiger partial charge is 0.355 e. The van der Waals surface area contributed by atoms with Gasteiger partial charge < -0.3 is 4.74 Å². The Labute approximate surface area is 156 Å². The fourth-order valence-corrected chi connectivity index (χ4v) is 2.76. The molecule has 0 radical (unpaired) electrons. The first-order valence-corrected chi connectivity index (χ1v) is 8.23. The molecule has 0 aliphatic heterocycles. The summed E-state index contributed by atoms with van der Waals surface area (Å²) in [6.45, 7) is -0.111. The summed E-state index contributed by atoms with van der Waals surface area (Å²) in [5, 5.41) is 3.01. The molecule has 0 spiro atoms. The molecule has 1 aromatic carbocycles. The first-order chi connectivity index (χ1) is 12.2. The quantitative estimate of drug-likeness (QED) is 0.537. The fraction of sp³-hybridized carbons (Fsp3) is 0.400. The van der Waals surface area contributed by atoms with Crippen LogP contribution in [0.3, 0.4) is 0 Å². The maximum absolute atomic E-state index is 14.5. The van der Waals surface area contributed by atoms with Crippen molar-refractivity contribution < 1.29 is 22.7 Å². The zero-order valence-corrected chi connectivity index (χ0v) is 15.2. The highest BCUT2D eigenvalue weighted by atomic mass is 35.5. The number of aryl methyl sites for hydroxylation is 2. The van der Waals surface area contributed by atoms with E-state index in [-0.39, 0.29) is 40.4 Å². The van der Waals surface area contributed by atoms with Gasteiger partial charge >= 0.3 is 18.2 Å². The predicted molar refractivity (Wildman–Crippen MR) is 88.7 cm³/mol. The van der Waals surface area contributed by atoms with Crippen LogP contribution in [-0.2, 0) is 16.0 Å². The molecule has 0 unspecified atom stereocenters. The van der Waals surface area contributed by atoms with Gasteiger partial charge in [0.05, 0.1) is 16.7 Å². The largest absolute Gasteiger partial charge is 0.466 e. The van der Waals surface area contributed by atoms with Gasteiger partial charge in [-0.1, -0.05) is 23.2 Å². The van der Waals surface area contributed by atoms with Gasteiger partial charge in [0, 0.05) is 6.42 Å². The molecule has 0 aliphatic carbocycles. The Hall–Kier alpha value is -2.00. The zero-order chi connectivity index (χ0) is 19.6. The van der Waals surface area contributed by atoms with Crippen molar-refractivity contribution in [2.75, 3.05) is 6.61 Å². The van der Waals surface area contributed by atoms with Gasteiger partial charge in [-0.25, -0.2) is 13.8 Å². The van der Waals surface area contributed by atoms with Crippen LogP contribution in [0.25, 0.3) is 5.69 Å². The summed E-state index contributed by atoms with van der Waals surface area (Å²) in [6, 6.07) is 1.15. The van der Waals surface area contributed by atoms with E-state index in [9.17, 15) is 22.8 Å². The first-order valence-electron chi connectivity index (χ1n) is 7.47. The summed E-state index contributed by atoms with van der Waals surface area (Å²) < 4.78 is 45.7. The SMILES string of the molecule is CCOC(=O)CCc1cc(-n2nc(C)n(C(F)F)c2=O)c(F)c(Cl)c1Cl. The Morgan fingerprint density at radius 3 is 2.54 bits per heavy atom. The molecule has 0 saturated carbocycles. The number of nitrogens with zero attached hydrogens (tertiary/aromatic N) is 3. The van der Waals surface area contributed by atoms with E-state index in [0.717, 1.165) is 6.07 Å². The molecule has 0 bridgehead atoms. The number of hydrogen-bond donors (Lipinski definition) is 0. The van der Waals surface area contributed by atoms with Crippen LogP contribution < -0.4 is 5.69 Å². The van der Waals surface area contributed by atoms with Crippen LogP contribution in [0.5, 0.6) is 0 Å². The van der Waals surface area contributed by atoms with Crippen molar-refractivity contribution in [1.29, 1.82) is 0 Å². The Bertz CT molecular complexity index is 896. The van der Waals surface area contributed by atoms with Crippen molar-refractivity contribution in [3.63, 3.8) is 0 Å². The first kappa shape index (κ1) is 20.3. The van der Waals surface area contributed by atoms with Crippen LogP contribution in [0.15, 0.2) is 10.9 Å². The van der Waals surface area contributed by atoms with Crippen LogP contribution in [0, 0.1) is 12.7 Å². The summed E-state index contributed by atoms with van der Waals surface area (Å²) >= 11 is 11.8. The van der Waals surface area contributed by atoms with Gasteiger partial charge in [-0.15, -0.1) is 5.10 Å². The molecular weight excluding hydrogens is 398 g/mol. The Morgan fingerprint density at radius 1 is 1.35 bits per heavy atom. The van der Waals surface area contributed by atoms with Gasteiger partial charge in [0.15, 0.2) is 5.82 Å². The molecule has 6 nitrogen and oxygen atoms in total. The lowest BCUT2D eigenvalue weighted by Crippen LogP contribution is -2.25. The molecule has 0 fully saturated rings. The second kappa shape index (κ2) is 8.13. The van der Waals surface area contributed by atoms with Gasteiger partial charge in [0.2, 0.25) is 0 Å². The Balaban J connectivity index is 2.52. The molecule has 2 aromatic rings. The second-order valence-corrected chi connectivity index (χ2v) is 5.95. The average molecular weight is 412 g/mol. The lowest BCUT2D eigenvalue weighted by molar-refractivity contribution is -0.143. The zero-order valence-electron chi connectivity index (χ0n) is 13.7. The number of esters is 1. The average Bonchev–Trinajstić information content (AvgIpc) is 2.87. The van der Waals surface area contributed by atoms with E-state index >= 15 is 0 Å². The fourth-order valence-electron chi connectivity index (χ4n) is 2.31. The number of alkyl halides is 2. The molecule has 11 heteroatoms.